The van der Waals surface area contributed by atoms with Crippen LogP contribution in [0.4, 0.5) is 16.2 Å². The lowest BCUT2D eigenvalue weighted by Gasteiger charge is -2.29. The van der Waals surface area contributed by atoms with Crippen LogP contribution in [0.3, 0.4) is 0 Å². The molecule has 0 bridgehead atoms. The molecule has 2 aromatic rings. The average Bonchev–Trinajstić information content (AvgIpc) is 3.02. The van der Waals surface area contributed by atoms with E-state index in [4.69, 9.17) is 14.2 Å². The predicted molar refractivity (Wildman–Crippen MR) is 80.9 cm³/mol. The fraction of sp³-hybridized carbons (Fsp3) is 0.188. The molecule has 4 rings (SSSR count). The molecule has 2 amide bonds. The zero-order valence-corrected chi connectivity index (χ0v) is 11.7. The summed E-state index contributed by atoms with van der Waals surface area (Å²) in [5, 5.41) is 2.88. The molecule has 0 fully saturated rings. The Morgan fingerprint density at radius 1 is 1.00 bits per heavy atom. The quantitative estimate of drug-likeness (QED) is 0.879. The van der Waals surface area contributed by atoms with Crippen molar-refractivity contribution in [3.8, 4) is 17.2 Å². The first-order valence-corrected chi connectivity index (χ1v) is 7.01. The molecule has 0 aliphatic carbocycles. The van der Waals surface area contributed by atoms with Gasteiger partial charge in [-0.25, -0.2) is 4.79 Å². The minimum atomic E-state index is -0.199. The summed E-state index contributed by atoms with van der Waals surface area (Å²) in [5.41, 5.74) is 1.44. The number of urea groups is 1. The summed E-state index contributed by atoms with van der Waals surface area (Å²) in [6.45, 7) is 1.20. The van der Waals surface area contributed by atoms with E-state index >= 15 is 0 Å². The number of fused-ring (bicyclic) bond motifs is 2. The van der Waals surface area contributed by atoms with Crippen molar-refractivity contribution in [3.63, 3.8) is 0 Å². The SMILES string of the molecule is O=C(Nc1ccc2c(c1)OCO2)N1CCOc2ccccc21. The van der Waals surface area contributed by atoms with E-state index in [1.807, 2.05) is 24.3 Å². The van der Waals surface area contributed by atoms with E-state index in [9.17, 15) is 4.79 Å². The van der Waals surface area contributed by atoms with E-state index in [1.54, 1.807) is 23.1 Å². The third-order valence-corrected chi connectivity index (χ3v) is 3.60. The molecular formula is C16H14N2O4. The third kappa shape index (κ3) is 2.18. The normalized spacial score (nSPS) is 15.0. The molecule has 2 heterocycles. The van der Waals surface area contributed by atoms with Gasteiger partial charge >= 0.3 is 6.03 Å². The highest BCUT2D eigenvalue weighted by molar-refractivity contribution is 6.03. The molecule has 0 atom stereocenters. The van der Waals surface area contributed by atoms with E-state index in [2.05, 4.69) is 5.32 Å². The lowest BCUT2D eigenvalue weighted by Crippen LogP contribution is -2.40. The first kappa shape index (κ1) is 12.8. The van der Waals surface area contributed by atoms with Gasteiger partial charge in [0.15, 0.2) is 11.5 Å². The van der Waals surface area contributed by atoms with Gasteiger partial charge in [0.25, 0.3) is 0 Å². The molecule has 0 spiro atoms. The van der Waals surface area contributed by atoms with Crippen LogP contribution in [0.5, 0.6) is 17.2 Å². The molecule has 0 saturated carbocycles. The molecule has 22 heavy (non-hydrogen) atoms. The van der Waals surface area contributed by atoms with E-state index < -0.39 is 0 Å². The first-order chi connectivity index (χ1) is 10.8. The molecule has 2 aliphatic rings. The number of benzene rings is 2. The highest BCUT2D eigenvalue weighted by Gasteiger charge is 2.24. The maximum atomic E-state index is 12.5. The van der Waals surface area contributed by atoms with Crippen molar-refractivity contribution in [2.24, 2.45) is 0 Å². The number of hydrogen-bond acceptors (Lipinski definition) is 4. The van der Waals surface area contributed by atoms with E-state index in [0.29, 0.717) is 30.3 Å². The fourth-order valence-electron chi connectivity index (χ4n) is 2.55. The Morgan fingerprint density at radius 2 is 1.86 bits per heavy atom. The summed E-state index contributed by atoms with van der Waals surface area (Å²) in [6, 6.07) is 12.6. The lowest BCUT2D eigenvalue weighted by molar-refractivity contribution is 0.174. The van der Waals surface area contributed by atoms with Crippen LogP contribution >= 0.6 is 0 Å². The molecule has 0 unspecified atom stereocenters. The molecule has 6 nitrogen and oxygen atoms in total. The highest BCUT2D eigenvalue weighted by atomic mass is 16.7. The monoisotopic (exact) mass is 298 g/mol. The number of carbonyl (C=O) groups is 1. The molecule has 112 valence electrons. The van der Waals surface area contributed by atoms with Gasteiger partial charge in [-0.05, 0) is 24.3 Å². The Bertz CT molecular complexity index is 732. The van der Waals surface area contributed by atoms with E-state index in [0.717, 1.165) is 11.4 Å². The second kappa shape index (κ2) is 5.14. The number of carbonyl (C=O) groups excluding carboxylic acids is 1. The topological polar surface area (TPSA) is 60.0 Å². The van der Waals surface area contributed by atoms with Gasteiger partial charge < -0.3 is 19.5 Å². The third-order valence-electron chi connectivity index (χ3n) is 3.60. The summed E-state index contributed by atoms with van der Waals surface area (Å²) < 4.78 is 16.1. The lowest BCUT2D eigenvalue weighted by atomic mass is 10.2. The van der Waals surface area contributed by atoms with Crippen molar-refractivity contribution >= 4 is 17.4 Å². The van der Waals surface area contributed by atoms with Crippen molar-refractivity contribution in [3.05, 3.63) is 42.5 Å². The molecule has 0 radical (unpaired) electrons. The van der Waals surface area contributed by atoms with Crippen molar-refractivity contribution in [2.75, 3.05) is 30.2 Å². The molecule has 2 aromatic carbocycles. The van der Waals surface area contributed by atoms with Crippen molar-refractivity contribution < 1.29 is 19.0 Å². The van der Waals surface area contributed by atoms with Gasteiger partial charge in [0, 0.05) is 11.8 Å². The standard InChI is InChI=1S/C16H14N2O4/c19-16(17-11-5-6-14-15(9-11)22-10-21-14)18-7-8-20-13-4-2-1-3-12(13)18/h1-6,9H,7-8,10H2,(H,17,19). The Hall–Kier alpha value is -2.89. The van der Waals surface area contributed by atoms with Crippen LogP contribution in [0, 0.1) is 0 Å². The van der Waals surface area contributed by atoms with Crippen molar-refractivity contribution in [1.82, 2.24) is 0 Å². The number of anilines is 2. The summed E-state index contributed by atoms with van der Waals surface area (Å²) >= 11 is 0. The van der Waals surface area contributed by atoms with Crippen LogP contribution in [-0.4, -0.2) is 26.0 Å². The summed E-state index contributed by atoms with van der Waals surface area (Å²) in [7, 11) is 0. The van der Waals surface area contributed by atoms with E-state index in [-0.39, 0.29) is 12.8 Å². The van der Waals surface area contributed by atoms with Crippen LogP contribution in [-0.2, 0) is 0 Å². The van der Waals surface area contributed by atoms with Crippen LogP contribution in [0.2, 0.25) is 0 Å². The number of ether oxygens (including phenoxy) is 3. The van der Waals surface area contributed by atoms with Crippen LogP contribution in [0.25, 0.3) is 0 Å². The Morgan fingerprint density at radius 3 is 2.82 bits per heavy atom. The van der Waals surface area contributed by atoms with Crippen LogP contribution in [0.1, 0.15) is 0 Å². The average molecular weight is 298 g/mol. The maximum Gasteiger partial charge on any atom is 0.326 e. The second-order valence-electron chi connectivity index (χ2n) is 4.97. The smallest absolute Gasteiger partial charge is 0.326 e. The number of hydrogen-bond donors (Lipinski definition) is 1. The Kier molecular flexibility index (Phi) is 3.00. The molecular weight excluding hydrogens is 284 g/mol. The van der Waals surface area contributed by atoms with Gasteiger partial charge in [0.1, 0.15) is 12.4 Å². The number of amides is 2. The summed E-state index contributed by atoms with van der Waals surface area (Å²) in [4.78, 5) is 14.2. The van der Waals surface area contributed by atoms with Crippen LogP contribution < -0.4 is 24.4 Å². The van der Waals surface area contributed by atoms with Gasteiger partial charge in [0.05, 0.1) is 12.2 Å². The number of nitrogens with zero attached hydrogens (tertiary/aromatic N) is 1. The molecule has 2 aliphatic heterocycles. The predicted octanol–water partition coefficient (Wildman–Crippen LogP) is 2.85. The van der Waals surface area contributed by atoms with Crippen molar-refractivity contribution in [2.45, 2.75) is 0 Å². The zero-order valence-electron chi connectivity index (χ0n) is 11.7. The number of rotatable bonds is 1. The fourth-order valence-corrected chi connectivity index (χ4v) is 2.55. The minimum absolute atomic E-state index is 0.199. The minimum Gasteiger partial charge on any atom is -0.490 e. The number of para-hydroxylation sites is 2. The molecule has 1 N–H and O–H groups in total. The van der Waals surface area contributed by atoms with Gasteiger partial charge in [-0.3, -0.25) is 4.90 Å². The first-order valence-electron chi connectivity index (χ1n) is 7.01. The van der Waals surface area contributed by atoms with Gasteiger partial charge in [-0.1, -0.05) is 12.1 Å². The van der Waals surface area contributed by atoms with Gasteiger partial charge in [0.2, 0.25) is 6.79 Å². The Labute approximate surface area is 127 Å². The van der Waals surface area contributed by atoms with Gasteiger partial charge in [-0.2, -0.15) is 0 Å². The summed E-state index contributed by atoms with van der Waals surface area (Å²) in [6.07, 6.45) is 0. The van der Waals surface area contributed by atoms with Gasteiger partial charge in [-0.15, -0.1) is 0 Å². The largest absolute Gasteiger partial charge is 0.490 e. The van der Waals surface area contributed by atoms with E-state index in [1.165, 1.54) is 0 Å². The molecule has 0 saturated heterocycles. The molecule has 6 heteroatoms. The maximum absolute atomic E-state index is 12.5. The molecule has 0 aromatic heterocycles. The van der Waals surface area contributed by atoms with Crippen LogP contribution in [0.15, 0.2) is 42.5 Å². The Balaban J connectivity index is 1.56. The van der Waals surface area contributed by atoms with Crippen molar-refractivity contribution in [1.29, 1.82) is 0 Å². The number of nitrogens with one attached hydrogen (secondary N) is 1. The summed E-state index contributed by atoms with van der Waals surface area (Å²) in [5.74, 6) is 2.05. The highest BCUT2D eigenvalue weighted by Crippen LogP contribution is 2.35. The zero-order chi connectivity index (χ0) is 14.9. The second-order valence-corrected chi connectivity index (χ2v) is 4.97.